The topological polar surface area (TPSA) is 86.5 Å². The maximum Gasteiger partial charge on any atom is 0.277 e. The summed E-state index contributed by atoms with van der Waals surface area (Å²) >= 11 is 1.17. The number of thioether (sulfide) groups is 1. The lowest BCUT2D eigenvalue weighted by Crippen LogP contribution is -2.21. The van der Waals surface area contributed by atoms with Gasteiger partial charge in [-0.3, -0.25) is 4.79 Å². The van der Waals surface area contributed by atoms with E-state index < -0.39 is 6.10 Å². The molecule has 0 saturated heterocycles. The molecule has 1 aromatic heterocycles. The lowest BCUT2D eigenvalue weighted by Gasteiger charge is -2.23. The highest BCUT2D eigenvalue weighted by molar-refractivity contribution is 7.99. The monoisotopic (exact) mass is 383 g/mol. The largest absolute Gasteiger partial charge is 0.485 e. The molecule has 1 aliphatic rings. The Morgan fingerprint density at radius 2 is 2.04 bits per heavy atom. The van der Waals surface area contributed by atoms with E-state index in [0.29, 0.717) is 22.6 Å². The molecule has 1 aliphatic heterocycles. The Morgan fingerprint density at radius 1 is 1.19 bits per heavy atom. The van der Waals surface area contributed by atoms with E-state index in [1.54, 1.807) is 0 Å². The van der Waals surface area contributed by atoms with Crippen molar-refractivity contribution in [2.24, 2.45) is 0 Å². The summed E-state index contributed by atoms with van der Waals surface area (Å²) in [6.45, 7) is 2.26. The summed E-state index contributed by atoms with van der Waals surface area (Å²) in [5.41, 5.74) is 1.84. The van der Waals surface area contributed by atoms with Crippen molar-refractivity contribution in [2.75, 3.05) is 17.7 Å². The number of anilines is 1. The zero-order valence-corrected chi connectivity index (χ0v) is 15.4. The second-order valence-corrected chi connectivity index (χ2v) is 6.90. The van der Waals surface area contributed by atoms with Gasteiger partial charge in [0.25, 0.3) is 11.1 Å². The first kappa shape index (κ1) is 17.4. The van der Waals surface area contributed by atoms with Crippen LogP contribution in [0.2, 0.25) is 0 Å². The van der Waals surface area contributed by atoms with E-state index in [1.807, 2.05) is 55.5 Å². The third-order valence-electron chi connectivity index (χ3n) is 3.83. The van der Waals surface area contributed by atoms with Gasteiger partial charge in [0.05, 0.1) is 5.75 Å². The Kier molecular flexibility index (Phi) is 4.97. The first-order valence-corrected chi connectivity index (χ1v) is 9.37. The van der Waals surface area contributed by atoms with Crippen LogP contribution in [0.15, 0.2) is 58.2 Å². The third-order valence-corrected chi connectivity index (χ3v) is 4.65. The number of ether oxygens (including phenoxy) is 2. The fourth-order valence-electron chi connectivity index (χ4n) is 2.60. The van der Waals surface area contributed by atoms with Gasteiger partial charge in [-0.25, -0.2) is 0 Å². The van der Waals surface area contributed by atoms with Crippen LogP contribution in [-0.2, 0) is 4.79 Å². The van der Waals surface area contributed by atoms with Crippen molar-refractivity contribution in [1.29, 1.82) is 0 Å². The van der Waals surface area contributed by atoms with E-state index in [0.717, 1.165) is 11.3 Å². The molecule has 0 bridgehead atoms. The van der Waals surface area contributed by atoms with E-state index in [1.165, 1.54) is 11.8 Å². The molecular formula is C19H17N3O4S. The molecule has 1 N–H and O–H groups in total. The molecule has 0 saturated carbocycles. The van der Waals surface area contributed by atoms with Crippen molar-refractivity contribution in [3.8, 4) is 11.5 Å². The van der Waals surface area contributed by atoms with E-state index in [9.17, 15) is 4.79 Å². The van der Waals surface area contributed by atoms with Gasteiger partial charge >= 0.3 is 0 Å². The Labute approximate surface area is 160 Å². The summed E-state index contributed by atoms with van der Waals surface area (Å²) < 4.78 is 17.1. The highest BCUT2D eigenvalue weighted by atomic mass is 32.2. The minimum atomic E-state index is -0.470. The molecule has 7 nitrogen and oxygen atoms in total. The minimum Gasteiger partial charge on any atom is -0.485 e. The van der Waals surface area contributed by atoms with Crippen LogP contribution in [0.4, 0.5) is 5.69 Å². The Hall–Kier alpha value is -3.00. The third kappa shape index (κ3) is 4.22. The second kappa shape index (κ2) is 7.71. The molecule has 0 spiro atoms. The number of hydrogen-bond acceptors (Lipinski definition) is 7. The van der Waals surface area contributed by atoms with Gasteiger partial charge in [0.2, 0.25) is 12.0 Å². The van der Waals surface area contributed by atoms with Crippen LogP contribution in [0, 0.1) is 6.92 Å². The predicted molar refractivity (Wildman–Crippen MR) is 100 cm³/mol. The van der Waals surface area contributed by atoms with Crippen LogP contribution in [0.1, 0.15) is 17.6 Å². The van der Waals surface area contributed by atoms with Gasteiger partial charge < -0.3 is 19.2 Å². The molecule has 0 unspecified atom stereocenters. The van der Waals surface area contributed by atoms with Crippen molar-refractivity contribution >= 4 is 23.4 Å². The fourth-order valence-corrected chi connectivity index (χ4v) is 3.17. The highest BCUT2D eigenvalue weighted by Gasteiger charge is 2.27. The molecule has 2 aromatic carbocycles. The molecule has 4 rings (SSSR count). The molecule has 1 amide bonds. The Bertz CT molecular complexity index is 959. The first-order valence-electron chi connectivity index (χ1n) is 8.38. The molecule has 27 heavy (non-hydrogen) atoms. The van der Waals surface area contributed by atoms with Gasteiger partial charge in [-0.1, -0.05) is 36.0 Å². The number of carbonyl (C=O) groups excluding carboxylic acids is 1. The van der Waals surface area contributed by atoms with Crippen LogP contribution in [-0.4, -0.2) is 28.5 Å². The zero-order valence-electron chi connectivity index (χ0n) is 14.5. The normalized spacial score (nSPS) is 15.4. The van der Waals surface area contributed by atoms with Crippen molar-refractivity contribution in [1.82, 2.24) is 10.2 Å². The predicted octanol–water partition coefficient (Wildman–Crippen LogP) is 3.62. The minimum absolute atomic E-state index is 0.142. The average molecular weight is 383 g/mol. The molecule has 1 atom stereocenters. The molecule has 8 heteroatoms. The highest BCUT2D eigenvalue weighted by Crippen LogP contribution is 2.35. The number of nitrogens with zero attached hydrogens (tertiary/aromatic N) is 2. The lowest BCUT2D eigenvalue weighted by molar-refractivity contribution is -0.113. The Balaban J connectivity index is 1.33. The first-order chi connectivity index (χ1) is 13.2. The van der Waals surface area contributed by atoms with Gasteiger partial charge in [0.1, 0.15) is 6.61 Å². The van der Waals surface area contributed by atoms with Crippen LogP contribution in [0.25, 0.3) is 0 Å². The quantitative estimate of drug-likeness (QED) is 0.673. The zero-order chi connectivity index (χ0) is 18.6. The summed E-state index contributed by atoms with van der Waals surface area (Å²) in [6, 6.07) is 15.0. The van der Waals surface area contributed by atoms with Gasteiger partial charge in [-0.15, -0.1) is 10.2 Å². The fraction of sp³-hybridized carbons (Fsp3) is 0.211. The van der Waals surface area contributed by atoms with E-state index in [-0.39, 0.29) is 18.3 Å². The summed E-state index contributed by atoms with van der Waals surface area (Å²) in [5, 5.41) is 11.1. The summed E-state index contributed by atoms with van der Waals surface area (Å²) in [5.74, 6) is 1.68. The van der Waals surface area contributed by atoms with Crippen LogP contribution >= 0.6 is 11.8 Å². The smallest absolute Gasteiger partial charge is 0.277 e. The molecular weight excluding hydrogens is 366 g/mol. The number of amides is 1. The number of aryl methyl sites for hydroxylation is 1. The molecule has 0 radical (unpaired) electrons. The Morgan fingerprint density at radius 3 is 2.89 bits per heavy atom. The van der Waals surface area contributed by atoms with Crippen molar-refractivity contribution in [3.05, 3.63) is 60.0 Å². The number of rotatable bonds is 5. The van der Waals surface area contributed by atoms with Gasteiger partial charge in [-0.05, 0) is 36.8 Å². The molecule has 0 aliphatic carbocycles. The number of para-hydroxylation sites is 2. The second-order valence-electron chi connectivity index (χ2n) is 5.98. The molecule has 2 heterocycles. The molecule has 3 aromatic rings. The van der Waals surface area contributed by atoms with Crippen molar-refractivity contribution in [3.63, 3.8) is 0 Å². The lowest BCUT2D eigenvalue weighted by atomic mass is 10.2. The number of fused-ring (bicyclic) bond motifs is 1. The van der Waals surface area contributed by atoms with Crippen LogP contribution < -0.4 is 14.8 Å². The van der Waals surface area contributed by atoms with Crippen molar-refractivity contribution in [2.45, 2.75) is 18.3 Å². The maximum atomic E-state index is 12.1. The van der Waals surface area contributed by atoms with Gasteiger partial charge in [-0.2, -0.15) is 0 Å². The summed E-state index contributed by atoms with van der Waals surface area (Å²) in [4.78, 5) is 12.1. The van der Waals surface area contributed by atoms with E-state index in [4.69, 9.17) is 13.9 Å². The standard InChI is InChI=1S/C19H17N3O4S/c1-12-5-4-6-13(9-12)20-17(23)11-27-19-22-21-18(26-19)16-10-24-14-7-2-3-8-15(14)25-16/h2-9,16H,10-11H2,1H3,(H,20,23)/t16-/m0/s1. The van der Waals surface area contributed by atoms with Crippen LogP contribution in [0.3, 0.4) is 0 Å². The molecule has 138 valence electrons. The van der Waals surface area contributed by atoms with Gasteiger partial charge in [0, 0.05) is 5.69 Å². The SMILES string of the molecule is Cc1cccc(NC(=O)CSc2nnc([C@@H]3COc4ccccc4O3)o2)c1. The average Bonchev–Trinajstić information content (AvgIpc) is 3.15. The number of carbonyl (C=O) groups is 1. The summed E-state index contributed by atoms with van der Waals surface area (Å²) in [7, 11) is 0. The maximum absolute atomic E-state index is 12.1. The van der Waals surface area contributed by atoms with Crippen LogP contribution in [0.5, 0.6) is 11.5 Å². The number of nitrogens with one attached hydrogen (secondary N) is 1. The summed E-state index contributed by atoms with van der Waals surface area (Å²) in [6.07, 6.45) is -0.470. The number of benzene rings is 2. The molecule has 0 fully saturated rings. The van der Waals surface area contributed by atoms with E-state index >= 15 is 0 Å². The number of aromatic nitrogens is 2. The van der Waals surface area contributed by atoms with E-state index in [2.05, 4.69) is 15.5 Å². The van der Waals surface area contributed by atoms with Gasteiger partial charge in [0.15, 0.2) is 11.5 Å². The number of hydrogen-bond donors (Lipinski definition) is 1. The van der Waals surface area contributed by atoms with Crippen molar-refractivity contribution < 1.29 is 18.7 Å².